The van der Waals surface area contributed by atoms with Gasteiger partial charge in [-0.25, -0.2) is 0 Å². The molecule has 1 aromatic heterocycles. The van der Waals surface area contributed by atoms with Crippen LogP contribution >= 0.6 is 0 Å². The molecule has 0 bridgehead atoms. The van der Waals surface area contributed by atoms with Crippen molar-refractivity contribution < 1.29 is 9.32 Å². The van der Waals surface area contributed by atoms with E-state index in [9.17, 15) is 4.79 Å². The summed E-state index contributed by atoms with van der Waals surface area (Å²) in [6.45, 7) is 5.21. The summed E-state index contributed by atoms with van der Waals surface area (Å²) in [6.07, 6.45) is 2.39. The van der Waals surface area contributed by atoms with Gasteiger partial charge >= 0.3 is 0 Å². The fraction of sp³-hybridized carbons (Fsp3) is 0.692. The second-order valence-corrected chi connectivity index (χ2v) is 5.17. The number of hydrogen-bond acceptors (Lipinski definition) is 5. The molecule has 1 amide bonds. The number of aromatic nitrogens is 1. The monoisotopic (exact) mass is 266 g/mol. The first-order chi connectivity index (χ1) is 9.17. The Morgan fingerprint density at radius 3 is 3.16 bits per heavy atom. The molecule has 19 heavy (non-hydrogen) atoms. The quantitative estimate of drug-likeness (QED) is 0.827. The van der Waals surface area contributed by atoms with Crippen molar-refractivity contribution in [2.75, 3.05) is 38.5 Å². The first-order valence-electron chi connectivity index (χ1n) is 6.77. The first-order valence-corrected chi connectivity index (χ1v) is 6.77. The molecule has 1 aliphatic rings. The molecule has 0 saturated carbocycles. The summed E-state index contributed by atoms with van der Waals surface area (Å²) in [5.41, 5.74) is 0. The van der Waals surface area contributed by atoms with Crippen molar-refractivity contribution in [1.82, 2.24) is 15.4 Å². The SMILES string of the molecule is CNCC1CCCN(CC(=O)Nc2cc(C)on2)C1. The number of likely N-dealkylation sites (tertiary alicyclic amines) is 1. The Morgan fingerprint density at radius 2 is 2.47 bits per heavy atom. The smallest absolute Gasteiger partial charge is 0.239 e. The number of aryl methyl sites for hydroxylation is 1. The maximum atomic E-state index is 11.9. The lowest BCUT2D eigenvalue weighted by Crippen LogP contribution is -2.42. The Hall–Kier alpha value is -1.40. The maximum Gasteiger partial charge on any atom is 0.239 e. The fourth-order valence-electron chi connectivity index (χ4n) is 2.56. The summed E-state index contributed by atoms with van der Waals surface area (Å²) < 4.78 is 4.92. The van der Waals surface area contributed by atoms with Crippen molar-refractivity contribution in [1.29, 1.82) is 0 Å². The molecular weight excluding hydrogens is 244 g/mol. The Bertz CT molecular complexity index is 417. The lowest BCUT2D eigenvalue weighted by atomic mass is 9.98. The lowest BCUT2D eigenvalue weighted by Gasteiger charge is -2.31. The second kappa shape index (κ2) is 6.68. The van der Waals surface area contributed by atoms with Crippen molar-refractivity contribution in [3.05, 3.63) is 11.8 Å². The molecule has 1 aromatic rings. The highest BCUT2D eigenvalue weighted by atomic mass is 16.5. The van der Waals surface area contributed by atoms with E-state index in [1.165, 1.54) is 6.42 Å². The van der Waals surface area contributed by atoms with Gasteiger partial charge in [-0.05, 0) is 45.8 Å². The normalized spacial score (nSPS) is 20.4. The van der Waals surface area contributed by atoms with Crippen LogP contribution in [0.25, 0.3) is 0 Å². The Labute approximate surface area is 113 Å². The van der Waals surface area contributed by atoms with E-state index in [4.69, 9.17) is 4.52 Å². The average Bonchev–Trinajstić information content (AvgIpc) is 2.75. The number of carbonyl (C=O) groups is 1. The van der Waals surface area contributed by atoms with E-state index in [0.717, 1.165) is 26.1 Å². The number of rotatable bonds is 5. The number of anilines is 1. The number of amides is 1. The van der Waals surface area contributed by atoms with E-state index in [1.807, 2.05) is 7.05 Å². The van der Waals surface area contributed by atoms with Gasteiger partial charge in [-0.3, -0.25) is 9.69 Å². The molecule has 1 unspecified atom stereocenters. The van der Waals surface area contributed by atoms with Gasteiger partial charge in [-0.15, -0.1) is 0 Å². The van der Waals surface area contributed by atoms with Crippen LogP contribution in [0.3, 0.4) is 0 Å². The highest BCUT2D eigenvalue weighted by Crippen LogP contribution is 2.15. The topological polar surface area (TPSA) is 70.4 Å². The van der Waals surface area contributed by atoms with Gasteiger partial charge in [0.2, 0.25) is 5.91 Å². The predicted molar refractivity (Wildman–Crippen MR) is 73.0 cm³/mol. The Balaban J connectivity index is 1.78. The van der Waals surface area contributed by atoms with Gasteiger partial charge < -0.3 is 15.2 Å². The second-order valence-electron chi connectivity index (χ2n) is 5.17. The van der Waals surface area contributed by atoms with Crippen LogP contribution in [-0.2, 0) is 4.79 Å². The number of hydrogen-bond donors (Lipinski definition) is 2. The van der Waals surface area contributed by atoms with Crippen LogP contribution in [0.4, 0.5) is 5.82 Å². The number of nitrogens with zero attached hydrogens (tertiary/aromatic N) is 2. The van der Waals surface area contributed by atoms with Crippen LogP contribution < -0.4 is 10.6 Å². The Kier molecular flexibility index (Phi) is 4.93. The van der Waals surface area contributed by atoms with Crippen molar-refractivity contribution in [3.63, 3.8) is 0 Å². The minimum atomic E-state index is -0.0293. The summed E-state index contributed by atoms with van der Waals surface area (Å²) in [5, 5.41) is 9.72. The van der Waals surface area contributed by atoms with E-state index in [1.54, 1.807) is 13.0 Å². The summed E-state index contributed by atoms with van der Waals surface area (Å²) in [7, 11) is 1.97. The van der Waals surface area contributed by atoms with Crippen LogP contribution in [0.2, 0.25) is 0 Å². The number of nitrogens with one attached hydrogen (secondary N) is 2. The van der Waals surface area contributed by atoms with Gasteiger partial charge in [0.15, 0.2) is 5.82 Å². The van der Waals surface area contributed by atoms with Gasteiger partial charge in [0.1, 0.15) is 5.76 Å². The molecule has 0 aromatic carbocycles. The molecule has 6 heteroatoms. The molecule has 0 radical (unpaired) electrons. The molecule has 6 nitrogen and oxygen atoms in total. The van der Waals surface area contributed by atoms with Crippen molar-refractivity contribution in [2.45, 2.75) is 19.8 Å². The summed E-state index contributed by atoms with van der Waals surface area (Å²) in [4.78, 5) is 14.1. The minimum absolute atomic E-state index is 0.0293. The number of carbonyl (C=O) groups excluding carboxylic acids is 1. The standard InChI is InChI=1S/C13H22N4O2/c1-10-6-12(16-19-10)15-13(18)9-17-5-3-4-11(8-17)7-14-2/h6,11,14H,3-5,7-9H2,1-2H3,(H,15,16,18). The molecule has 2 rings (SSSR count). The predicted octanol–water partition coefficient (Wildman–Crippen LogP) is 0.853. The average molecular weight is 266 g/mol. The summed E-state index contributed by atoms with van der Waals surface area (Å²) in [5.74, 6) is 1.80. The highest BCUT2D eigenvalue weighted by molar-refractivity contribution is 5.91. The number of piperidine rings is 1. The zero-order valence-corrected chi connectivity index (χ0v) is 11.6. The summed E-state index contributed by atoms with van der Waals surface area (Å²) in [6, 6.07) is 1.72. The van der Waals surface area contributed by atoms with Crippen molar-refractivity contribution >= 4 is 11.7 Å². The van der Waals surface area contributed by atoms with Gasteiger partial charge in [0, 0.05) is 12.6 Å². The molecule has 1 aliphatic heterocycles. The van der Waals surface area contributed by atoms with Crippen LogP contribution in [0.1, 0.15) is 18.6 Å². The molecule has 2 N–H and O–H groups in total. The third-order valence-electron chi connectivity index (χ3n) is 3.36. The van der Waals surface area contributed by atoms with E-state index < -0.39 is 0 Å². The highest BCUT2D eigenvalue weighted by Gasteiger charge is 2.21. The first kappa shape index (κ1) is 14.0. The van der Waals surface area contributed by atoms with E-state index in [-0.39, 0.29) is 5.91 Å². The molecular formula is C13H22N4O2. The van der Waals surface area contributed by atoms with Crippen LogP contribution in [0, 0.1) is 12.8 Å². The van der Waals surface area contributed by atoms with E-state index in [2.05, 4.69) is 20.7 Å². The summed E-state index contributed by atoms with van der Waals surface area (Å²) >= 11 is 0. The van der Waals surface area contributed by atoms with E-state index >= 15 is 0 Å². The molecule has 0 aliphatic carbocycles. The lowest BCUT2D eigenvalue weighted by molar-refractivity contribution is -0.117. The Morgan fingerprint density at radius 1 is 1.63 bits per heavy atom. The molecule has 1 fully saturated rings. The zero-order chi connectivity index (χ0) is 13.7. The van der Waals surface area contributed by atoms with Crippen LogP contribution in [-0.4, -0.2) is 49.2 Å². The van der Waals surface area contributed by atoms with Crippen molar-refractivity contribution in [3.8, 4) is 0 Å². The maximum absolute atomic E-state index is 11.9. The molecule has 106 valence electrons. The third kappa shape index (κ3) is 4.33. The molecule has 1 atom stereocenters. The molecule has 0 spiro atoms. The van der Waals surface area contributed by atoms with Crippen molar-refractivity contribution in [2.24, 2.45) is 5.92 Å². The molecule has 2 heterocycles. The van der Waals surface area contributed by atoms with Gasteiger partial charge in [-0.1, -0.05) is 5.16 Å². The van der Waals surface area contributed by atoms with Gasteiger partial charge in [0.05, 0.1) is 6.54 Å². The third-order valence-corrected chi connectivity index (χ3v) is 3.36. The van der Waals surface area contributed by atoms with Gasteiger partial charge in [-0.2, -0.15) is 0 Å². The molecule has 1 saturated heterocycles. The van der Waals surface area contributed by atoms with E-state index in [0.29, 0.717) is 24.0 Å². The van der Waals surface area contributed by atoms with Crippen LogP contribution in [0.5, 0.6) is 0 Å². The largest absolute Gasteiger partial charge is 0.360 e. The van der Waals surface area contributed by atoms with Crippen LogP contribution in [0.15, 0.2) is 10.6 Å². The zero-order valence-electron chi connectivity index (χ0n) is 11.6. The van der Waals surface area contributed by atoms with Gasteiger partial charge in [0.25, 0.3) is 0 Å². The fourth-order valence-corrected chi connectivity index (χ4v) is 2.56. The minimum Gasteiger partial charge on any atom is -0.360 e.